The molecule has 4 N–H and O–H groups in total. The molecular formula is C14H20N2O4. The van der Waals surface area contributed by atoms with Gasteiger partial charge in [-0.2, -0.15) is 0 Å². The molecule has 0 saturated heterocycles. The number of hydrogen-bond donors (Lipinski definition) is 3. The molecule has 0 saturated carbocycles. The van der Waals surface area contributed by atoms with Crippen LogP contribution in [0.4, 0.5) is 0 Å². The van der Waals surface area contributed by atoms with Crippen LogP contribution >= 0.6 is 0 Å². The Labute approximate surface area is 117 Å². The van der Waals surface area contributed by atoms with Crippen molar-refractivity contribution in [2.24, 2.45) is 5.73 Å². The average Bonchev–Trinajstić information content (AvgIpc) is 2.44. The van der Waals surface area contributed by atoms with Crippen molar-refractivity contribution in [2.75, 3.05) is 13.2 Å². The molecule has 0 fully saturated rings. The second-order valence-electron chi connectivity index (χ2n) is 4.42. The molecule has 6 heteroatoms. The second-order valence-corrected chi connectivity index (χ2v) is 4.42. The Bertz CT molecular complexity index is 445. The van der Waals surface area contributed by atoms with E-state index in [2.05, 4.69) is 5.32 Å². The highest BCUT2D eigenvalue weighted by atomic mass is 16.5. The molecule has 0 aliphatic heterocycles. The molecule has 1 amide bonds. The van der Waals surface area contributed by atoms with Gasteiger partial charge in [0.15, 0.2) is 0 Å². The Morgan fingerprint density at radius 3 is 2.60 bits per heavy atom. The SMILES string of the molecule is CCCOC(=O)CNC(=O)[C@@H](N)Cc1ccc(O)cc1. The first-order valence-electron chi connectivity index (χ1n) is 6.49. The summed E-state index contributed by atoms with van der Waals surface area (Å²) in [4.78, 5) is 22.9. The predicted octanol–water partition coefficient (Wildman–Crippen LogP) is 0.331. The van der Waals surface area contributed by atoms with E-state index in [0.29, 0.717) is 13.0 Å². The van der Waals surface area contributed by atoms with E-state index < -0.39 is 17.9 Å². The minimum absolute atomic E-state index is 0.158. The predicted molar refractivity (Wildman–Crippen MR) is 74.0 cm³/mol. The zero-order valence-corrected chi connectivity index (χ0v) is 11.5. The summed E-state index contributed by atoms with van der Waals surface area (Å²) in [7, 11) is 0. The van der Waals surface area contributed by atoms with Crippen LogP contribution in [-0.4, -0.2) is 36.2 Å². The van der Waals surface area contributed by atoms with Crippen LogP contribution in [0.5, 0.6) is 5.75 Å². The Hall–Kier alpha value is -2.08. The van der Waals surface area contributed by atoms with Crippen LogP contribution in [0.2, 0.25) is 0 Å². The normalized spacial score (nSPS) is 11.7. The van der Waals surface area contributed by atoms with Crippen molar-refractivity contribution >= 4 is 11.9 Å². The third-order valence-electron chi connectivity index (χ3n) is 2.60. The molecule has 20 heavy (non-hydrogen) atoms. The molecule has 110 valence electrons. The highest BCUT2D eigenvalue weighted by Crippen LogP contribution is 2.10. The maximum atomic E-state index is 11.7. The lowest BCUT2D eigenvalue weighted by molar-refractivity contribution is -0.144. The molecule has 1 rings (SSSR count). The lowest BCUT2D eigenvalue weighted by atomic mass is 10.1. The fourth-order valence-corrected chi connectivity index (χ4v) is 1.54. The Morgan fingerprint density at radius 1 is 1.35 bits per heavy atom. The maximum absolute atomic E-state index is 11.7. The van der Waals surface area contributed by atoms with E-state index in [1.807, 2.05) is 6.92 Å². The van der Waals surface area contributed by atoms with Crippen LogP contribution in [0.25, 0.3) is 0 Å². The van der Waals surface area contributed by atoms with Gasteiger partial charge in [-0.1, -0.05) is 19.1 Å². The molecule has 1 aromatic rings. The number of nitrogens with two attached hydrogens (primary N) is 1. The Balaban J connectivity index is 2.35. The monoisotopic (exact) mass is 280 g/mol. The minimum atomic E-state index is -0.751. The van der Waals surface area contributed by atoms with E-state index in [4.69, 9.17) is 15.6 Å². The second kappa shape index (κ2) is 8.16. The van der Waals surface area contributed by atoms with Gasteiger partial charge >= 0.3 is 5.97 Å². The van der Waals surface area contributed by atoms with E-state index in [0.717, 1.165) is 12.0 Å². The molecule has 1 atom stereocenters. The van der Waals surface area contributed by atoms with E-state index in [9.17, 15) is 9.59 Å². The number of hydrogen-bond acceptors (Lipinski definition) is 5. The first-order chi connectivity index (χ1) is 9.52. The van der Waals surface area contributed by atoms with Crippen LogP contribution in [0, 0.1) is 0 Å². The van der Waals surface area contributed by atoms with E-state index in [1.54, 1.807) is 12.1 Å². The molecule has 1 aromatic carbocycles. The number of phenolic OH excluding ortho intramolecular Hbond substituents is 1. The number of phenols is 1. The summed E-state index contributed by atoms with van der Waals surface area (Å²) >= 11 is 0. The van der Waals surface area contributed by atoms with Crippen LogP contribution in [0.1, 0.15) is 18.9 Å². The van der Waals surface area contributed by atoms with Gasteiger partial charge in [0.25, 0.3) is 0 Å². The lowest BCUT2D eigenvalue weighted by Crippen LogP contribution is -2.44. The molecule has 0 aliphatic carbocycles. The number of carbonyl (C=O) groups excluding carboxylic acids is 2. The standard InChI is InChI=1S/C14H20N2O4/c1-2-7-20-13(18)9-16-14(19)12(15)8-10-3-5-11(17)6-4-10/h3-6,12,17H,2,7-9,15H2,1H3,(H,16,19)/t12-/m0/s1. The van der Waals surface area contributed by atoms with Gasteiger partial charge < -0.3 is 20.9 Å². The van der Waals surface area contributed by atoms with E-state index >= 15 is 0 Å². The van der Waals surface area contributed by atoms with Gasteiger partial charge in [-0.25, -0.2) is 0 Å². The van der Waals surface area contributed by atoms with Crippen molar-refractivity contribution in [1.82, 2.24) is 5.32 Å². The zero-order valence-electron chi connectivity index (χ0n) is 11.5. The van der Waals surface area contributed by atoms with Gasteiger partial charge in [0.1, 0.15) is 12.3 Å². The molecule has 0 radical (unpaired) electrons. The summed E-state index contributed by atoms with van der Waals surface area (Å²) in [6.45, 7) is 2.05. The van der Waals surface area contributed by atoms with Crippen LogP contribution in [0.15, 0.2) is 24.3 Å². The van der Waals surface area contributed by atoms with Gasteiger partial charge in [-0.05, 0) is 30.5 Å². The number of esters is 1. The molecule has 6 nitrogen and oxygen atoms in total. The van der Waals surface area contributed by atoms with Crippen molar-refractivity contribution in [3.8, 4) is 5.75 Å². The van der Waals surface area contributed by atoms with Crippen LogP contribution < -0.4 is 11.1 Å². The van der Waals surface area contributed by atoms with Gasteiger partial charge in [0.05, 0.1) is 12.6 Å². The third kappa shape index (κ3) is 5.71. The number of ether oxygens (including phenoxy) is 1. The maximum Gasteiger partial charge on any atom is 0.325 e. The number of aromatic hydroxyl groups is 1. The van der Waals surface area contributed by atoms with Crippen LogP contribution in [-0.2, 0) is 20.7 Å². The zero-order chi connectivity index (χ0) is 15.0. The fourth-order valence-electron chi connectivity index (χ4n) is 1.54. The summed E-state index contributed by atoms with van der Waals surface area (Å²) < 4.78 is 4.83. The van der Waals surface area contributed by atoms with Crippen molar-refractivity contribution in [3.63, 3.8) is 0 Å². The summed E-state index contributed by atoms with van der Waals surface area (Å²) in [6.07, 6.45) is 1.07. The first-order valence-corrected chi connectivity index (χ1v) is 6.49. The van der Waals surface area contributed by atoms with E-state index in [1.165, 1.54) is 12.1 Å². The summed E-state index contributed by atoms with van der Waals surface area (Å²) in [5, 5.41) is 11.6. The number of rotatable bonds is 7. The molecule has 0 bridgehead atoms. The van der Waals surface area contributed by atoms with Crippen molar-refractivity contribution in [2.45, 2.75) is 25.8 Å². The summed E-state index contributed by atoms with van der Waals surface area (Å²) in [5.74, 6) is -0.728. The Morgan fingerprint density at radius 2 is 2.00 bits per heavy atom. The molecular weight excluding hydrogens is 260 g/mol. The largest absolute Gasteiger partial charge is 0.508 e. The summed E-state index contributed by atoms with van der Waals surface area (Å²) in [6, 6.07) is 5.69. The Kier molecular flexibility index (Phi) is 6.52. The summed E-state index contributed by atoms with van der Waals surface area (Å²) in [5.41, 5.74) is 6.58. The quantitative estimate of drug-likeness (QED) is 0.625. The molecule has 0 spiro atoms. The highest BCUT2D eigenvalue weighted by molar-refractivity contribution is 5.85. The fraction of sp³-hybridized carbons (Fsp3) is 0.429. The van der Waals surface area contributed by atoms with Crippen molar-refractivity contribution in [1.29, 1.82) is 0 Å². The van der Waals surface area contributed by atoms with Crippen LogP contribution in [0.3, 0.4) is 0 Å². The van der Waals surface area contributed by atoms with E-state index in [-0.39, 0.29) is 12.3 Å². The molecule has 0 heterocycles. The topological polar surface area (TPSA) is 102 Å². The first kappa shape index (κ1) is 16.0. The van der Waals surface area contributed by atoms with Gasteiger partial charge in [-0.15, -0.1) is 0 Å². The van der Waals surface area contributed by atoms with Crippen molar-refractivity contribution < 1.29 is 19.4 Å². The average molecular weight is 280 g/mol. The number of amides is 1. The smallest absolute Gasteiger partial charge is 0.325 e. The number of carbonyl (C=O) groups is 2. The van der Waals surface area contributed by atoms with Gasteiger partial charge in [-0.3, -0.25) is 9.59 Å². The third-order valence-corrected chi connectivity index (χ3v) is 2.60. The highest BCUT2D eigenvalue weighted by Gasteiger charge is 2.15. The van der Waals surface area contributed by atoms with Gasteiger partial charge in [0, 0.05) is 0 Å². The van der Waals surface area contributed by atoms with Gasteiger partial charge in [0.2, 0.25) is 5.91 Å². The number of benzene rings is 1. The minimum Gasteiger partial charge on any atom is -0.508 e. The number of nitrogens with one attached hydrogen (secondary N) is 1. The van der Waals surface area contributed by atoms with Crippen molar-refractivity contribution in [3.05, 3.63) is 29.8 Å². The molecule has 0 aliphatic rings. The lowest BCUT2D eigenvalue weighted by Gasteiger charge is -2.12. The molecule has 0 unspecified atom stereocenters. The molecule has 0 aromatic heterocycles.